The molecule has 0 bridgehead atoms. The summed E-state index contributed by atoms with van der Waals surface area (Å²) in [5.74, 6) is -0.409. The number of alkyl carbamates (subject to hydrolysis) is 1. The zero-order valence-corrected chi connectivity index (χ0v) is 23.8. The first kappa shape index (κ1) is 30.9. The summed E-state index contributed by atoms with van der Waals surface area (Å²) < 4.78 is 5.46. The zero-order valence-electron chi connectivity index (χ0n) is 23.8. The molecule has 0 aliphatic carbocycles. The fourth-order valence-electron chi connectivity index (χ4n) is 4.23. The van der Waals surface area contributed by atoms with Gasteiger partial charge in [0.2, 0.25) is 11.8 Å². The third-order valence-corrected chi connectivity index (χ3v) is 5.97. The first-order valence-corrected chi connectivity index (χ1v) is 13.7. The number of ether oxygens (including phenoxy) is 1. The molecule has 3 amide bonds. The molecular weight excluding hydrogens is 478 g/mol. The number of hydrogen-bond donors (Lipinski definition) is 2. The topological polar surface area (TPSA) is 87.7 Å². The largest absolute Gasteiger partial charge is 0.444 e. The van der Waals surface area contributed by atoms with Gasteiger partial charge in [-0.15, -0.1) is 0 Å². The minimum absolute atomic E-state index is 0.137. The molecule has 0 saturated heterocycles. The Hall–Kier alpha value is -3.35. The van der Waals surface area contributed by atoms with Crippen molar-refractivity contribution in [1.29, 1.82) is 0 Å². The van der Waals surface area contributed by atoms with Gasteiger partial charge in [0, 0.05) is 13.1 Å². The highest BCUT2D eigenvalue weighted by atomic mass is 16.6. The van der Waals surface area contributed by atoms with E-state index < -0.39 is 23.8 Å². The first-order valence-electron chi connectivity index (χ1n) is 13.7. The van der Waals surface area contributed by atoms with Crippen molar-refractivity contribution in [2.75, 3.05) is 6.54 Å². The van der Waals surface area contributed by atoms with Crippen LogP contribution in [-0.2, 0) is 20.9 Å². The first-order chi connectivity index (χ1) is 18.0. The van der Waals surface area contributed by atoms with Crippen molar-refractivity contribution >= 4 is 17.9 Å². The summed E-state index contributed by atoms with van der Waals surface area (Å²) >= 11 is 0. The lowest BCUT2D eigenvalue weighted by atomic mass is 9.98. The number of carbonyl (C=O) groups excluding carboxylic acids is 3. The lowest BCUT2D eigenvalue weighted by molar-refractivity contribution is -0.143. The summed E-state index contributed by atoms with van der Waals surface area (Å²) in [6.45, 7) is 12.2. The van der Waals surface area contributed by atoms with Crippen LogP contribution in [0.15, 0.2) is 60.7 Å². The number of unbranched alkanes of at least 4 members (excludes halogenated alkanes) is 2. The maximum Gasteiger partial charge on any atom is 0.408 e. The van der Waals surface area contributed by atoms with Gasteiger partial charge in [0.15, 0.2) is 0 Å². The molecule has 2 rings (SSSR count). The van der Waals surface area contributed by atoms with Crippen LogP contribution in [0.2, 0.25) is 0 Å². The Labute approximate surface area is 228 Å². The van der Waals surface area contributed by atoms with Gasteiger partial charge in [-0.3, -0.25) is 9.59 Å². The van der Waals surface area contributed by atoms with Crippen molar-refractivity contribution in [3.05, 3.63) is 71.8 Å². The van der Waals surface area contributed by atoms with E-state index in [1.54, 1.807) is 25.7 Å². The van der Waals surface area contributed by atoms with Crippen LogP contribution in [0.5, 0.6) is 0 Å². The van der Waals surface area contributed by atoms with E-state index in [2.05, 4.69) is 17.6 Å². The van der Waals surface area contributed by atoms with Crippen LogP contribution in [0, 0.1) is 5.92 Å². The highest BCUT2D eigenvalue weighted by Crippen LogP contribution is 2.25. The molecule has 2 aromatic carbocycles. The van der Waals surface area contributed by atoms with Crippen LogP contribution in [0.1, 0.15) is 84.4 Å². The van der Waals surface area contributed by atoms with Crippen molar-refractivity contribution in [1.82, 2.24) is 15.5 Å². The second-order valence-electron chi connectivity index (χ2n) is 11.1. The SMILES string of the molecule is CCCCCN(C(=O)C(CC(C)C)NC(=O)OC(C)(C)C)C(C(=O)NCc1ccccc1)c1ccccc1. The molecule has 7 nitrogen and oxygen atoms in total. The van der Waals surface area contributed by atoms with E-state index in [0.29, 0.717) is 19.5 Å². The van der Waals surface area contributed by atoms with Crippen LogP contribution >= 0.6 is 0 Å². The Morgan fingerprint density at radius 3 is 2.08 bits per heavy atom. The molecule has 208 valence electrons. The lowest BCUT2D eigenvalue weighted by Gasteiger charge is -2.35. The lowest BCUT2D eigenvalue weighted by Crippen LogP contribution is -2.53. The molecule has 0 saturated carbocycles. The third kappa shape index (κ3) is 10.6. The number of hydrogen-bond acceptors (Lipinski definition) is 4. The Morgan fingerprint density at radius 2 is 1.53 bits per heavy atom. The van der Waals surface area contributed by atoms with E-state index in [-0.39, 0.29) is 17.7 Å². The van der Waals surface area contributed by atoms with Crippen LogP contribution in [0.25, 0.3) is 0 Å². The van der Waals surface area contributed by atoms with Gasteiger partial charge in [-0.05, 0) is 50.7 Å². The quantitative estimate of drug-likeness (QED) is 0.315. The minimum atomic E-state index is -0.834. The third-order valence-electron chi connectivity index (χ3n) is 5.97. The molecule has 0 aliphatic rings. The maximum absolute atomic E-state index is 14.1. The summed E-state index contributed by atoms with van der Waals surface area (Å²) in [6.07, 6.45) is 2.43. The maximum atomic E-state index is 14.1. The molecule has 0 radical (unpaired) electrons. The van der Waals surface area contributed by atoms with E-state index in [1.165, 1.54) is 0 Å². The molecule has 2 aromatic rings. The second kappa shape index (κ2) is 15.2. The molecule has 0 aliphatic heterocycles. The molecule has 0 aromatic heterocycles. The number of carbonyl (C=O) groups is 3. The Balaban J connectivity index is 2.41. The average molecular weight is 524 g/mol. The number of rotatable bonds is 13. The van der Waals surface area contributed by atoms with Gasteiger partial charge in [0.1, 0.15) is 17.7 Å². The van der Waals surface area contributed by atoms with Crippen molar-refractivity contribution in [3.8, 4) is 0 Å². The molecule has 0 spiro atoms. The molecule has 7 heteroatoms. The zero-order chi connectivity index (χ0) is 28.1. The Bertz CT molecular complexity index is 1000. The van der Waals surface area contributed by atoms with Crippen LogP contribution < -0.4 is 10.6 Å². The van der Waals surface area contributed by atoms with E-state index in [9.17, 15) is 14.4 Å². The number of nitrogens with zero attached hydrogens (tertiary/aromatic N) is 1. The molecule has 2 N–H and O–H groups in total. The molecule has 2 atom stereocenters. The molecule has 38 heavy (non-hydrogen) atoms. The number of amides is 3. The fraction of sp³-hybridized carbons (Fsp3) is 0.516. The molecule has 2 unspecified atom stereocenters. The van der Waals surface area contributed by atoms with E-state index >= 15 is 0 Å². The van der Waals surface area contributed by atoms with Crippen LogP contribution in [0.3, 0.4) is 0 Å². The van der Waals surface area contributed by atoms with E-state index in [0.717, 1.165) is 30.4 Å². The highest BCUT2D eigenvalue weighted by molar-refractivity contribution is 5.92. The van der Waals surface area contributed by atoms with Gasteiger partial charge in [-0.1, -0.05) is 94.3 Å². The molecule has 0 fully saturated rings. The predicted molar refractivity (Wildman–Crippen MR) is 151 cm³/mol. The second-order valence-corrected chi connectivity index (χ2v) is 11.1. The van der Waals surface area contributed by atoms with Gasteiger partial charge in [-0.25, -0.2) is 4.79 Å². The van der Waals surface area contributed by atoms with Crippen molar-refractivity contribution in [3.63, 3.8) is 0 Å². The van der Waals surface area contributed by atoms with Crippen molar-refractivity contribution in [2.45, 2.75) is 91.5 Å². The smallest absolute Gasteiger partial charge is 0.408 e. The van der Waals surface area contributed by atoms with E-state index in [1.807, 2.05) is 74.5 Å². The van der Waals surface area contributed by atoms with Crippen molar-refractivity contribution in [2.24, 2.45) is 5.92 Å². The standard InChI is InChI=1S/C31H45N3O4/c1-7-8-15-20-34(29(36)26(21-23(2)3)33-30(37)38-31(4,5)6)27(25-18-13-10-14-19-25)28(35)32-22-24-16-11-9-12-17-24/h9-14,16-19,23,26-27H,7-8,15,20-22H2,1-6H3,(H,32,35)(H,33,37). The van der Waals surface area contributed by atoms with Gasteiger partial charge in [0.25, 0.3) is 0 Å². The normalized spacial score (nSPS) is 12.9. The molecule has 0 heterocycles. The summed E-state index contributed by atoms with van der Waals surface area (Å²) in [5.41, 5.74) is 1.00. The molecular formula is C31H45N3O4. The Morgan fingerprint density at radius 1 is 0.921 bits per heavy atom. The minimum Gasteiger partial charge on any atom is -0.444 e. The van der Waals surface area contributed by atoms with Gasteiger partial charge in [0.05, 0.1) is 0 Å². The van der Waals surface area contributed by atoms with Crippen LogP contribution in [0.4, 0.5) is 4.79 Å². The van der Waals surface area contributed by atoms with Gasteiger partial charge < -0.3 is 20.3 Å². The Kier molecular flexibility index (Phi) is 12.3. The average Bonchev–Trinajstić information content (AvgIpc) is 2.86. The monoisotopic (exact) mass is 523 g/mol. The predicted octanol–water partition coefficient (Wildman–Crippen LogP) is 6.00. The van der Waals surface area contributed by atoms with Gasteiger partial charge >= 0.3 is 6.09 Å². The number of nitrogens with one attached hydrogen (secondary N) is 2. The van der Waals surface area contributed by atoms with E-state index in [4.69, 9.17) is 4.74 Å². The fourth-order valence-corrected chi connectivity index (χ4v) is 4.23. The van der Waals surface area contributed by atoms with Crippen molar-refractivity contribution < 1.29 is 19.1 Å². The van der Waals surface area contributed by atoms with Gasteiger partial charge in [-0.2, -0.15) is 0 Å². The summed E-state index contributed by atoms with van der Waals surface area (Å²) in [6, 6.07) is 17.4. The summed E-state index contributed by atoms with van der Waals surface area (Å²) in [7, 11) is 0. The summed E-state index contributed by atoms with van der Waals surface area (Å²) in [4.78, 5) is 42.2. The van der Waals surface area contributed by atoms with Crippen LogP contribution in [-0.4, -0.2) is 41.0 Å². The summed E-state index contributed by atoms with van der Waals surface area (Å²) in [5, 5.41) is 5.82. The highest BCUT2D eigenvalue weighted by Gasteiger charge is 2.36. The number of benzene rings is 2.